The summed E-state index contributed by atoms with van der Waals surface area (Å²) >= 11 is 0. The maximum absolute atomic E-state index is 10.2. The highest BCUT2D eigenvalue weighted by Gasteiger charge is 2.15. The monoisotopic (exact) mass is 201 g/mol. The van der Waals surface area contributed by atoms with E-state index in [1.165, 1.54) is 7.11 Å². The van der Waals surface area contributed by atoms with Crippen LogP contribution in [0, 0.1) is 0 Å². The van der Waals surface area contributed by atoms with Crippen LogP contribution in [0.5, 0.6) is 0 Å². The van der Waals surface area contributed by atoms with Gasteiger partial charge in [0, 0.05) is 19.3 Å². The van der Waals surface area contributed by atoms with Crippen LogP contribution < -0.4 is 5.32 Å². The average Bonchev–Trinajstić information content (AvgIpc) is 2.51. The number of esters is 1. The number of rotatable bonds is 2. The number of hydrogen-bond acceptors (Lipinski definition) is 4. The summed E-state index contributed by atoms with van der Waals surface area (Å²) in [5.74, 6) is -0.419. The van der Waals surface area contributed by atoms with Gasteiger partial charge < -0.3 is 4.74 Å². The van der Waals surface area contributed by atoms with Crippen molar-refractivity contribution in [1.82, 2.24) is 5.32 Å². The number of nitrogens with one attached hydrogen (secondary N) is 1. The topological polar surface area (TPSA) is 72.5 Å². The Hall–Kier alpha value is -1.39. The minimum atomic E-state index is -0.148. The first kappa shape index (κ1) is 12.6. The molecule has 1 N–H and O–H groups in total. The lowest BCUT2D eigenvalue weighted by atomic mass is 10.3. The second-order valence-electron chi connectivity index (χ2n) is 2.80. The predicted octanol–water partition coefficient (Wildman–Crippen LogP) is 0.382. The zero-order valence-corrected chi connectivity index (χ0v) is 8.46. The van der Waals surface area contributed by atoms with Gasteiger partial charge in [-0.2, -0.15) is 0 Å². The molecule has 0 spiro atoms. The summed E-state index contributed by atoms with van der Waals surface area (Å²) in [6.07, 6.45) is 2.15. The van der Waals surface area contributed by atoms with Crippen LogP contribution in [0.4, 0.5) is 0 Å². The molecule has 1 aliphatic heterocycles. The summed E-state index contributed by atoms with van der Waals surface area (Å²) in [6, 6.07) is 0. The van der Waals surface area contributed by atoms with Crippen molar-refractivity contribution in [3.63, 3.8) is 0 Å². The molecule has 5 heteroatoms. The van der Waals surface area contributed by atoms with Crippen molar-refractivity contribution in [3.05, 3.63) is 0 Å². The predicted molar refractivity (Wildman–Crippen MR) is 49.3 cm³/mol. The molecule has 0 radical (unpaired) electrons. The second-order valence-corrected chi connectivity index (χ2v) is 2.80. The molecule has 0 saturated carbocycles. The fourth-order valence-electron chi connectivity index (χ4n) is 0.814. The van der Waals surface area contributed by atoms with Gasteiger partial charge in [0.25, 0.3) is 0 Å². The zero-order chi connectivity index (χ0) is 11.0. The van der Waals surface area contributed by atoms with Crippen LogP contribution in [-0.2, 0) is 19.1 Å². The molecule has 14 heavy (non-hydrogen) atoms. The van der Waals surface area contributed by atoms with E-state index in [4.69, 9.17) is 0 Å². The Morgan fingerprint density at radius 3 is 2.00 bits per heavy atom. The van der Waals surface area contributed by atoms with Gasteiger partial charge in [-0.15, -0.1) is 0 Å². The second kappa shape index (κ2) is 7.06. The van der Waals surface area contributed by atoms with E-state index in [9.17, 15) is 14.4 Å². The molecule has 0 aliphatic carbocycles. The van der Waals surface area contributed by atoms with Crippen molar-refractivity contribution >= 4 is 17.8 Å². The van der Waals surface area contributed by atoms with Crippen LogP contribution >= 0.6 is 0 Å². The van der Waals surface area contributed by atoms with Crippen LogP contribution in [0.2, 0.25) is 0 Å². The number of carbonyl (C=O) groups is 3. The average molecular weight is 201 g/mol. The van der Waals surface area contributed by atoms with Crippen LogP contribution in [0.25, 0.3) is 0 Å². The van der Waals surface area contributed by atoms with Crippen LogP contribution in [0.1, 0.15) is 32.6 Å². The molecule has 80 valence electrons. The van der Waals surface area contributed by atoms with Crippen molar-refractivity contribution in [3.8, 4) is 0 Å². The molecule has 0 bridgehead atoms. The highest BCUT2D eigenvalue weighted by atomic mass is 16.5. The Labute approximate surface area is 82.8 Å². The zero-order valence-electron chi connectivity index (χ0n) is 8.46. The molecule has 1 saturated heterocycles. The first-order chi connectivity index (χ1) is 6.60. The van der Waals surface area contributed by atoms with Crippen molar-refractivity contribution in [1.29, 1.82) is 0 Å². The summed E-state index contributed by atoms with van der Waals surface area (Å²) in [4.78, 5) is 30.4. The van der Waals surface area contributed by atoms with Crippen LogP contribution in [-0.4, -0.2) is 24.9 Å². The molecular weight excluding hydrogens is 186 g/mol. The number of imide groups is 1. The maximum atomic E-state index is 10.2. The van der Waals surface area contributed by atoms with E-state index in [0.29, 0.717) is 19.3 Å². The van der Waals surface area contributed by atoms with Gasteiger partial charge in [-0.1, -0.05) is 6.92 Å². The highest BCUT2D eigenvalue weighted by Crippen LogP contribution is 1.95. The van der Waals surface area contributed by atoms with Gasteiger partial charge in [0.15, 0.2) is 0 Å². The normalized spacial score (nSPS) is 14.1. The van der Waals surface area contributed by atoms with E-state index >= 15 is 0 Å². The molecule has 1 heterocycles. The van der Waals surface area contributed by atoms with Gasteiger partial charge in [0.2, 0.25) is 11.8 Å². The SMILES string of the molecule is CCCC(=O)OC.O=C1CCC(=O)N1. The molecule has 0 atom stereocenters. The summed E-state index contributed by atoms with van der Waals surface area (Å²) in [5, 5.41) is 2.14. The van der Waals surface area contributed by atoms with Crippen molar-refractivity contribution in [2.24, 2.45) is 0 Å². The standard InChI is InChI=1S/C5H10O2.C4H5NO2/c1-3-4-5(6)7-2;6-3-1-2-4(7)5-3/h3-4H2,1-2H3;1-2H2,(H,5,6,7). The first-order valence-electron chi connectivity index (χ1n) is 4.49. The molecule has 0 aromatic heterocycles. The molecule has 1 fully saturated rings. The number of amides is 2. The number of hydrogen-bond donors (Lipinski definition) is 1. The first-order valence-corrected chi connectivity index (χ1v) is 4.49. The third kappa shape index (κ3) is 6.16. The van der Waals surface area contributed by atoms with Crippen molar-refractivity contribution < 1.29 is 19.1 Å². The molecule has 1 rings (SSSR count). The fourth-order valence-corrected chi connectivity index (χ4v) is 0.814. The lowest BCUT2D eigenvalue weighted by Crippen LogP contribution is -2.18. The Bertz CT molecular complexity index is 211. The lowest BCUT2D eigenvalue weighted by Gasteiger charge is -1.91. The van der Waals surface area contributed by atoms with E-state index in [1.807, 2.05) is 6.92 Å². The van der Waals surface area contributed by atoms with E-state index in [2.05, 4.69) is 10.1 Å². The smallest absolute Gasteiger partial charge is 0.305 e. The Balaban J connectivity index is 0.000000241. The fraction of sp³-hybridized carbons (Fsp3) is 0.667. The van der Waals surface area contributed by atoms with Gasteiger partial charge in [0.05, 0.1) is 7.11 Å². The van der Waals surface area contributed by atoms with Crippen LogP contribution in [0.15, 0.2) is 0 Å². The van der Waals surface area contributed by atoms with Crippen molar-refractivity contribution in [2.75, 3.05) is 7.11 Å². The summed E-state index contributed by atoms with van der Waals surface area (Å²) < 4.78 is 4.35. The van der Waals surface area contributed by atoms with Gasteiger partial charge >= 0.3 is 5.97 Å². The van der Waals surface area contributed by atoms with E-state index in [-0.39, 0.29) is 17.8 Å². The molecule has 0 aromatic rings. The third-order valence-corrected chi connectivity index (χ3v) is 1.54. The quantitative estimate of drug-likeness (QED) is 0.518. The van der Waals surface area contributed by atoms with E-state index in [1.54, 1.807) is 0 Å². The number of ether oxygens (including phenoxy) is 1. The Morgan fingerprint density at radius 2 is 1.86 bits per heavy atom. The van der Waals surface area contributed by atoms with E-state index in [0.717, 1.165) is 6.42 Å². The molecule has 5 nitrogen and oxygen atoms in total. The van der Waals surface area contributed by atoms with Gasteiger partial charge in [0.1, 0.15) is 0 Å². The molecule has 0 unspecified atom stereocenters. The summed E-state index contributed by atoms with van der Waals surface area (Å²) in [7, 11) is 1.40. The number of carbonyl (C=O) groups excluding carboxylic acids is 3. The van der Waals surface area contributed by atoms with Gasteiger partial charge in [-0.05, 0) is 6.42 Å². The highest BCUT2D eigenvalue weighted by molar-refractivity contribution is 6.01. The largest absolute Gasteiger partial charge is 0.469 e. The Morgan fingerprint density at radius 1 is 1.36 bits per heavy atom. The molecule has 2 amide bonds. The molecule has 0 aromatic carbocycles. The van der Waals surface area contributed by atoms with Gasteiger partial charge in [-0.25, -0.2) is 0 Å². The minimum Gasteiger partial charge on any atom is -0.469 e. The Kier molecular flexibility index (Phi) is 6.36. The minimum absolute atomic E-state index is 0.123. The van der Waals surface area contributed by atoms with Crippen LogP contribution in [0.3, 0.4) is 0 Å². The third-order valence-electron chi connectivity index (χ3n) is 1.54. The summed E-state index contributed by atoms with van der Waals surface area (Å²) in [5.41, 5.74) is 0. The van der Waals surface area contributed by atoms with Gasteiger partial charge in [-0.3, -0.25) is 19.7 Å². The molecular formula is C9H15NO4. The number of methoxy groups -OCH3 is 1. The lowest BCUT2D eigenvalue weighted by molar-refractivity contribution is -0.140. The molecule has 1 aliphatic rings. The van der Waals surface area contributed by atoms with E-state index < -0.39 is 0 Å². The maximum Gasteiger partial charge on any atom is 0.305 e. The van der Waals surface area contributed by atoms with Crippen molar-refractivity contribution in [2.45, 2.75) is 32.6 Å². The summed E-state index contributed by atoms with van der Waals surface area (Å²) in [6.45, 7) is 1.94.